The van der Waals surface area contributed by atoms with Crippen molar-refractivity contribution in [3.05, 3.63) is 45.7 Å². The van der Waals surface area contributed by atoms with Crippen LogP contribution in [0.2, 0.25) is 0 Å². The van der Waals surface area contributed by atoms with Gasteiger partial charge < -0.3 is 14.2 Å². The Kier molecular flexibility index (Phi) is 5.28. The van der Waals surface area contributed by atoms with Gasteiger partial charge in [0.15, 0.2) is 0 Å². The molecule has 4 rings (SSSR count). The average Bonchev–Trinajstić information content (AvgIpc) is 2.88. The third-order valence-electron chi connectivity index (χ3n) is 6.55. The molecule has 1 aromatic carbocycles. The van der Waals surface area contributed by atoms with E-state index in [2.05, 4.69) is 18.9 Å². The number of benzene rings is 1. The van der Waals surface area contributed by atoms with Crippen LogP contribution < -0.4 is 5.56 Å². The second kappa shape index (κ2) is 7.70. The molecule has 2 aliphatic rings. The summed E-state index contributed by atoms with van der Waals surface area (Å²) in [4.78, 5) is 28.2. The quantitative estimate of drug-likeness (QED) is 0.736. The first-order valence-electron chi connectivity index (χ1n) is 10.5. The molecule has 28 heavy (non-hydrogen) atoms. The Bertz CT molecular complexity index is 935. The molecule has 0 N–H and O–H groups in total. The minimum absolute atomic E-state index is 0.0522. The van der Waals surface area contributed by atoms with Crippen LogP contribution in [0.1, 0.15) is 61.4 Å². The van der Waals surface area contributed by atoms with E-state index in [4.69, 9.17) is 4.74 Å². The van der Waals surface area contributed by atoms with Crippen molar-refractivity contribution >= 4 is 16.9 Å². The fourth-order valence-electron chi connectivity index (χ4n) is 4.89. The fraction of sp³-hybridized carbons (Fsp3) is 0.565. The van der Waals surface area contributed by atoms with Crippen molar-refractivity contribution in [2.24, 2.45) is 0 Å². The number of pyridine rings is 1. The lowest BCUT2D eigenvalue weighted by molar-refractivity contribution is -0.000287. The summed E-state index contributed by atoms with van der Waals surface area (Å²) in [5.74, 6) is -0.357. The van der Waals surface area contributed by atoms with E-state index in [1.807, 2.05) is 25.1 Å². The highest BCUT2D eigenvalue weighted by Gasteiger charge is 2.40. The number of carbonyl (C=O) groups excluding carboxylic acids is 1. The number of nitrogens with zero attached hydrogens (tertiary/aromatic N) is 2. The molecule has 2 saturated heterocycles. The molecule has 0 aliphatic carbocycles. The Morgan fingerprint density at radius 3 is 2.57 bits per heavy atom. The van der Waals surface area contributed by atoms with Crippen LogP contribution in [0.4, 0.5) is 0 Å². The second-order valence-electron chi connectivity index (χ2n) is 8.47. The van der Waals surface area contributed by atoms with Crippen LogP contribution in [0.25, 0.3) is 10.9 Å². The summed E-state index contributed by atoms with van der Waals surface area (Å²) >= 11 is 0. The number of fused-ring (bicyclic) bond motifs is 3. The zero-order valence-corrected chi connectivity index (χ0v) is 17.1. The van der Waals surface area contributed by atoms with Crippen LogP contribution in [0.15, 0.2) is 29.1 Å². The lowest BCUT2D eigenvalue weighted by Gasteiger charge is -2.35. The summed E-state index contributed by atoms with van der Waals surface area (Å²) in [5.41, 5.74) is 2.17. The van der Waals surface area contributed by atoms with E-state index in [1.54, 1.807) is 4.57 Å². The summed E-state index contributed by atoms with van der Waals surface area (Å²) in [5, 5.41) is 0.816. The summed E-state index contributed by atoms with van der Waals surface area (Å²) in [6, 6.07) is 8.44. The molecule has 1 aromatic heterocycles. The number of ether oxygens (including phenoxy) is 1. The van der Waals surface area contributed by atoms with Crippen LogP contribution in [0.5, 0.6) is 0 Å². The average molecular weight is 383 g/mol. The van der Waals surface area contributed by atoms with Gasteiger partial charge in [0, 0.05) is 42.9 Å². The van der Waals surface area contributed by atoms with Gasteiger partial charge in [-0.2, -0.15) is 0 Å². The zero-order chi connectivity index (χ0) is 19.8. The number of rotatable bonds is 5. The number of aryl methyl sites for hydroxylation is 2. The van der Waals surface area contributed by atoms with Gasteiger partial charge in [-0.15, -0.1) is 0 Å². The first kappa shape index (κ1) is 19.2. The number of carbonyl (C=O) groups is 1. The van der Waals surface area contributed by atoms with Crippen LogP contribution in [0.3, 0.4) is 0 Å². The molecular weight excluding hydrogens is 352 g/mol. The van der Waals surface area contributed by atoms with Crippen molar-refractivity contribution in [2.45, 2.75) is 77.1 Å². The fourth-order valence-corrected chi connectivity index (χ4v) is 4.89. The number of unbranched alkanes of at least 4 members (excludes halogenated alkanes) is 1. The Morgan fingerprint density at radius 2 is 1.89 bits per heavy atom. The van der Waals surface area contributed by atoms with Crippen molar-refractivity contribution in [1.29, 1.82) is 0 Å². The lowest BCUT2D eigenvalue weighted by atomic mass is 10.00. The zero-order valence-electron chi connectivity index (χ0n) is 17.1. The Balaban J connectivity index is 1.65. The molecule has 5 nitrogen and oxygen atoms in total. The van der Waals surface area contributed by atoms with Crippen LogP contribution in [-0.4, -0.2) is 40.7 Å². The lowest BCUT2D eigenvalue weighted by Crippen LogP contribution is -2.43. The molecule has 2 bridgehead atoms. The van der Waals surface area contributed by atoms with E-state index in [0.717, 1.165) is 42.1 Å². The van der Waals surface area contributed by atoms with E-state index < -0.39 is 0 Å². The van der Waals surface area contributed by atoms with E-state index >= 15 is 0 Å². The molecule has 5 heteroatoms. The normalized spacial score (nSPS) is 24.6. The highest BCUT2D eigenvalue weighted by Crippen LogP contribution is 2.36. The van der Waals surface area contributed by atoms with Gasteiger partial charge in [0.2, 0.25) is 0 Å². The maximum Gasteiger partial charge on any atom is 0.339 e. The Labute approximate surface area is 166 Å². The smallest absolute Gasteiger partial charge is 0.339 e. The molecule has 2 unspecified atom stereocenters. The number of esters is 1. The number of hydrogen-bond donors (Lipinski definition) is 0. The molecule has 2 aliphatic heterocycles. The van der Waals surface area contributed by atoms with Gasteiger partial charge in [0.25, 0.3) is 5.56 Å². The monoisotopic (exact) mass is 382 g/mol. The summed E-state index contributed by atoms with van der Waals surface area (Å²) in [7, 11) is 2.17. The number of piperidine rings is 1. The largest absolute Gasteiger partial charge is 0.459 e. The highest BCUT2D eigenvalue weighted by atomic mass is 16.5. The highest BCUT2D eigenvalue weighted by molar-refractivity contribution is 6.03. The van der Waals surface area contributed by atoms with Gasteiger partial charge in [0.1, 0.15) is 6.10 Å². The molecule has 2 atom stereocenters. The second-order valence-corrected chi connectivity index (χ2v) is 8.47. The standard InChI is InChI=1S/C23H30N2O3/c1-4-5-10-25-21-9-6-15(2)11-19(21)20(14-22(25)26)23(27)28-18-12-16-7-8-17(13-18)24(16)3/h6,9,11,14,16-18H,4-5,7-8,10,12-13H2,1-3H3. The Hall–Kier alpha value is -2.14. The molecule has 0 radical (unpaired) electrons. The van der Waals surface area contributed by atoms with Crippen molar-refractivity contribution < 1.29 is 9.53 Å². The summed E-state index contributed by atoms with van der Waals surface area (Å²) in [6.45, 7) is 4.78. The third-order valence-corrected chi connectivity index (χ3v) is 6.55. The first-order chi connectivity index (χ1) is 13.5. The number of hydrogen-bond acceptors (Lipinski definition) is 4. The van der Waals surface area contributed by atoms with Crippen LogP contribution in [-0.2, 0) is 11.3 Å². The van der Waals surface area contributed by atoms with Gasteiger partial charge in [-0.3, -0.25) is 4.79 Å². The van der Waals surface area contributed by atoms with Crippen molar-refractivity contribution in [2.75, 3.05) is 7.05 Å². The van der Waals surface area contributed by atoms with Crippen LogP contribution in [0, 0.1) is 6.92 Å². The van der Waals surface area contributed by atoms with Crippen molar-refractivity contribution in [3.63, 3.8) is 0 Å². The minimum atomic E-state index is -0.357. The molecule has 2 aromatic rings. The van der Waals surface area contributed by atoms with E-state index in [0.29, 0.717) is 24.2 Å². The van der Waals surface area contributed by atoms with Gasteiger partial charge in [-0.05, 0) is 45.4 Å². The molecule has 2 fully saturated rings. The predicted octanol–water partition coefficient (Wildman–Crippen LogP) is 3.89. The van der Waals surface area contributed by atoms with Gasteiger partial charge in [-0.1, -0.05) is 25.0 Å². The molecule has 150 valence electrons. The van der Waals surface area contributed by atoms with Gasteiger partial charge >= 0.3 is 5.97 Å². The molecule has 0 amide bonds. The van der Waals surface area contributed by atoms with Crippen molar-refractivity contribution in [3.8, 4) is 0 Å². The topological polar surface area (TPSA) is 51.5 Å². The van der Waals surface area contributed by atoms with Gasteiger partial charge in [0.05, 0.1) is 11.1 Å². The minimum Gasteiger partial charge on any atom is -0.459 e. The van der Waals surface area contributed by atoms with E-state index in [9.17, 15) is 9.59 Å². The third kappa shape index (κ3) is 3.48. The van der Waals surface area contributed by atoms with Crippen molar-refractivity contribution in [1.82, 2.24) is 9.47 Å². The summed E-state index contributed by atoms with van der Waals surface area (Å²) in [6.07, 6.45) is 6.05. The van der Waals surface area contributed by atoms with E-state index in [-0.39, 0.29) is 17.6 Å². The maximum absolute atomic E-state index is 13.0. The summed E-state index contributed by atoms with van der Waals surface area (Å²) < 4.78 is 7.70. The van der Waals surface area contributed by atoms with Gasteiger partial charge in [-0.25, -0.2) is 4.79 Å². The maximum atomic E-state index is 13.0. The molecular formula is C23H30N2O3. The molecule has 0 saturated carbocycles. The van der Waals surface area contributed by atoms with E-state index in [1.165, 1.54) is 18.9 Å². The predicted molar refractivity (Wildman–Crippen MR) is 111 cm³/mol. The number of aromatic nitrogens is 1. The van der Waals surface area contributed by atoms with Crippen LogP contribution >= 0.6 is 0 Å². The SMILES string of the molecule is CCCCn1c(=O)cc(C(=O)OC2CC3CCC(C2)N3C)c2cc(C)ccc21. The Morgan fingerprint density at radius 1 is 1.18 bits per heavy atom. The molecule has 0 spiro atoms. The molecule has 3 heterocycles. The first-order valence-corrected chi connectivity index (χ1v) is 10.5.